The van der Waals surface area contributed by atoms with Crippen LogP contribution >= 0.6 is 12.4 Å². The number of ketones is 1. The van der Waals surface area contributed by atoms with E-state index >= 15 is 0 Å². The number of carbonyl (C=O) groups excluding carboxylic acids is 1. The van der Waals surface area contributed by atoms with Gasteiger partial charge in [-0.25, -0.2) is 4.99 Å². The number of allylic oxidation sites excluding steroid dienone is 2. The lowest BCUT2D eigenvalue weighted by molar-refractivity contribution is 0.103. The molecular weight excluding hydrogens is 236 g/mol. The summed E-state index contributed by atoms with van der Waals surface area (Å²) in [6.45, 7) is 0. The molecule has 0 bridgehead atoms. The third kappa shape index (κ3) is 1.84. The van der Waals surface area contributed by atoms with Crippen molar-refractivity contribution < 1.29 is 4.79 Å². The molecular formula is C13H11ClN2O. The third-order valence-corrected chi connectivity index (χ3v) is 2.75. The van der Waals surface area contributed by atoms with Crippen LogP contribution in [0.1, 0.15) is 10.4 Å². The molecule has 2 aliphatic rings. The van der Waals surface area contributed by atoms with Crippen molar-refractivity contribution in [2.24, 2.45) is 10.7 Å². The highest BCUT2D eigenvalue weighted by molar-refractivity contribution is 6.35. The number of nitrogens with two attached hydrogens (primary N) is 1. The Balaban J connectivity index is 0.00000108. The van der Waals surface area contributed by atoms with E-state index in [-0.39, 0.29) is 24.2 Å². The number of benzene rings is 1. The molecule has 3 nitrogen and oxygen atoms in total. The highest BCUT2D eigenvalue weighted by Gasteiger charge is 2.25. The summed E-state index contributed by atoms with van der Waals surface area (Å²) in [5.41, 5.74) is 8.47. The number of carbonyl (C=O) groups is 1. The molecule has 0 fully saturated rings. The summed E-state index contributed by atoms with van der Waals surface area (Å²) in [6, 6.07) is 7.17. The first-order valence-corrected chi connectivity index (χ1v) is 5.14. The molecule has 2 N–H and O–H groups in total. The first-order chi connectivity index (χ1) is 7.75. The van der Waals surface area contributed by atoms with Crippen LogP contribution in [0.2, 0.25) is 0 Å². The average Bonchev–Trinajstić information content (AvgIpc) is 2.31. The smallest absolute Gasteiger partial charge is 0.197 e. The van der Waals surface area contributed by atoms with Crippen molar-refractivity contribution in [3.63, 3.8) is 0 Å². The second-order valence-corrected chi connectivity index (χ2v) is 3.86. The minimum atomic E-state index is -0.192. The van der Waals surface area contributed by atoms with Gasteiger partial charge in [0.05, 0.1) is 11.4 Å². The van der Waals surface area contributed by atoms with Gasteiger partial charge in [0.2, 0.25) is 0 Å². The van der Waals surface area contributed by atoms with Gasteiger partial charge in [-0.05, 0) is 18.2 Å². The van der Waals surface area contributed by atoms with Gasteiger partial charge in [0.15, 0.2) is 5.78 Å². The van der Waals surface area contributed by atoms with Crippen molar-refractivity contribution in [3.8, 4) is 0 Å². The number of rotatable bonds is 0. The van der Waals surface area contributed by atoms with Gasteiger partial charge in [0, 0.05) is 17.2 Å². The normalized spacial score (nSPS) is 20.8. The molecule has 86 valence electrons. The summed E-state index contributed by atoms with van der Waals surface area (Å²) in [5.74, 6) is 0.0143. The summed E-state index contributed by atoms with van der Waals surface area (Å²) >= 11 is 0. The molecule has 1 aliphatic heterocycles. The first-order valence-electron chi connectivity index (χ1n) is 5.14. The number of para-hydroxylation sites is 1. The fourth-order valence-corrected chi connectivity index (χ4v) is 1.95. The lowest BCUT2D eigenvalue weighted by atomic mass is 9.90. The molecule has 1 heterocycles. The highest BCUT2D eigenvalue weighted by Crippen LogP contribution is 2.29. The molecule has 0 aromatic heterocycles. The van der Waals surface area contributed by atoms with Crippen LogP contribution in [0.15, 0.2) is 53.1 Å². The van der Waals surface area contributed by atoms with E-state index in [1.165, 1.54) is 0 Å². The molecule has 0 saturated heterocycles. The van der Waals surface area contributed by atoms with E-state index in [1.807, 2.05) is 30.4 Å². The minimum absolute atomic E-state index is 0. The fraction of sp³-hybridized carbons (Fsp3) is 0.0769. The van der Waals surface area contributed by atoms with E-state index in [4.69, 9.17) is 5.73 Å². The summed E-state index contributed by atoms with van der Waals surface area (Å²) in [5, 5.41) is 0. The summed E-state index contributed by atoms with van der Waals surface area (Å²) in [6.07, 6.45) is 5.41. The van der Waals surface area contributed by atoms with Crippen molar-refractivity contribution in [2.75, 3.05) is 0 Å². The van der Waals surface area contributed by atoms with E-state index in [1.54, 1.807) is 12.1 Å². The molecule has 3 rings (SSSR count). The summed E-state index contributed by atoms with van der Waals surface area (Å²) in [4.78, 5) is 16.6. The molecule has 1 aliphatic carbocycles. The van der Waals surface area contributed by atoms with Crippen molar-refractivity contribution in [1.29, 1.82) is 0 Å². The van der Waals surface area contributed by atoms with Gasteiger partial charge in [0.1, 0.15) is 0 Å². The average molecular weight is 247 g/mol. The Bertz CT molecular complexity index is 573. The van der Waals surface area contributed by atoms with Crippen LogP contribution in [0.3, 0.4) is 0 Å². The second-order valence-electron chi connectivity index (χ2n) is 3.86. The molecule has 0 saturated carbocycles. The van der Waals surface area contributed by atoms with E-state index in [9.17, 15) is 4.79 Å². The van der Waals surface area contributed by atoms with Crippen LogP contribution in [0.25, 0.3) is 0 Å². The van der Waals surface area contributed by atoms with Crippen LogP contribution in [-0.2, 0) is 0 Å². The largest absolute Gasteiger partial charge is 0.321 e. The van der Waals surface area contributed by atoms with E-state index < -0.39 is 0 Å². The van der Waals surface area contributed by atoms with Gasteiger partial charge < -0.3 is 5.73 Å². The molecule has 17 heavy (non-hydrogen) atoms. The Morgan fingerprint density at radius 1 is 1.24 bits per heavy atom. The third-order valence-electron chi connectivity index (χ3n) is 2.75. The van der Waals surface area contributed by atoms with Gasteiger partial charge >= 0.3 is 0 Å². The topological polar surface area (TPSA) is 55.4 Å². The zero-order valence-corrected chi connectivity index (χ0v) is 9.78. The zero-order chi connectivity index (χ0) is 11.1. The SMILES string of the molecule is Cl.NC1C=CC2=Nc3ccccc3C(=O)C2=C1. The maximum atomic E-state index is 12.2. The van der Waals surface area contributed by atoms with Crippen LogP contribution < -0.4 is 5.73 Å². The van der Waals surface area contributed by atoms with Gasteiger partial charge in [-0.1, -0.05) is 24.3 Å². The Morgan fingerprint density at radius 3 is 2.82 bits per heavy atom. The molecule has 1 unspecified atom stereocenters. The Hall–Kier alpha value is -1.71. The molecule has 0 amide bonds. The first kappa shape index (κ1) is 11.8. The minimum Gasteiger partial charge on any atom is -0.321 e. The summed E-state index contributed by atoms with van der Waals surface area (Å²) in [7, 11) is 0. The van der Waals surface area contributed by atoms with Crippen LogP contribution in [0, 0.1) is 0 Å². The highest BCUT2D eigenvalue weighted by atomic mass is 35.5. The number of hydrogen-bond donors (Lipinski definition) is 1. The predicted octanol–water partition coefficient (Wildman–Crippen LogP) is 2.20. The van der Waals surface area contributed by atoms with Crippen LogP contribution in [-0.4, -0.2) is 17.5 Å². The van der Waals surface area contributed by atoms with Crippen LogP contribution in [0.5, 0.6) is 0 Å². The molecule has 0 spiro atoms. The molecule has 1 aromatic carbocycles. The maximum Gasteiger partial charge on any atom is 0.197 e. The Kier molecular flexibility index (Phi) is 2.96. The van der Waals surface area contributed by atoms with Gasteiger partial charge in [-0.3, -0.25) is 4.79 Å². The number of Topliss-reactive ketones (excluding diaryl/α,β-unsaturated/α-hetero) is 1. The number of nitrogens with zero attached hydrogens (tertiary/aromatic N) is 1. The van der Waals surface area contributed by atoms with E-state index in [0.717, 1.165) is 5.69 Å². The Morgan fingerprint density at radius 2 is 2.00 bits per heavy atom. The van der Waals surface area contributed by atoms with Crippen LogP contribution in [0.4, 0.5) is 5.69 Å². The number of halogens is 1. The van der Waals surface area contributed by atoms with Crippen molar-refractivity contribution in [1.82, 2.24) is 0 Å². The van der Waals surface area contributed by atoms with Gasteiger partial charge in [-0.15, -0.1) is 12.4 Å². The van der Waals surface area contributed by atoms with Crippen molar-refractivity contribution in [2.45, 2.75) is 6.04 Å². The zero-order valence-electron chi connectivity index (χ0n) is 8.96. The molecule has 0 radical (unpaired) electrons. The van der Waals surface area contributed by atoms with E-state index in [2.05, 4.69) is 4.99 Å². The number of aliphatic imine (C=N–C) groups is 1. The standard InChI is InChI=1S/C13H10N2O.ClH/c14-8-5-6-12-10(7-8)13(16)9-3-1-2-4-11(9)15-12;/h1-8H,14H2;1H. The maximum absolute atomic E-state index is 12.2. The molecule has 1 aromatic rings. The molecule has 1 atom stereocenters. The number of hydrogen-bond acceptors (Lipinski definition) is 3. The van der Waals surface area contributed by atoms with Gasteiger partial charge in [-0.2, -0.15) is 0 Å². The predicted molar refractivity (Wildman–Crippen MR) is 70.3 cm³/mol. The lowest BCUT2D eigenvalue weighted by Crippen LogP contribution is -2.25. The quantitative estimate of drug-likeness (QED) is 0.763. The molecule has 4 heteroatoms. The van der Waals surface area contributed by atoms with Crippen molar-refractivity contribution >= 4 is 29.6 Å². The lowest BCUT2D eigenvalue weighted by Gasteiger charge is -2.19. The number of fused-ring (bicyclic) bond motifs is 2. The monoisotopic (exact) mass is 246 g/mol. The van der Waals surface area contributed by atoms with Gasteiger partial charge in [0.25, 0.3) is 0 Å². The Labute approximate surface area is 105 Å². The van der Waals surface area contributed by atoms with E-state index in [0.29, 0.717) is 16.8 Å². The fourth-order valence-electron chi connectivity index (χ4n) is 1.95. The summed E-state index contributed by atoms with van der Waals surface area (Å²) < 4.78 is 0. The second kappa shape index (κ2) is 4.28. The van der Waals surface area contributed by atoms with Crippen molar-refractivity contribution in [3.05, 3.63) is 53.6 Å².